The third-order valence-corrected chi connectivity index (χ3v) is 4.20. The van der Waals surface area contributed by atoms with E-state index in [-0.39, 0.29) is 23.4 Å². The molecule has 0 radical (unpaired) electrons. The van der Waals surface area contributed by atoms with Gasteiger partial charge in [-0.1, -0.05) is 25.5 Å². The van der Waals surface area contributed by atoms with Gasteiger partial charge in [-0.3, -0.25) is 0 Å². The molecule has 20 heavy (non-hydrogen) atoms. The molecule has 1 aliphatic carbocycles. The first kappa shape index (κ1) is 13.6. The summed E-state index contributed by atoms with van der Waals surface area (Å²) in [6.07, 6.45) is 6.11. The highest BCUT2D eigenvalue weighted by Crippen LogP contribution is 2.38. The number of fused-ring (bicyclic) bond motifs is 1. The zero-order chi connectivity index (χ0) is 14.3. The van der Waals surface area contributed by atoms with Gasteiger partial charge in [-0.25, -0.2) is 4.39 Å². The number of benzene rings is 1. The predicted molar refractivity (Wildman–Crippen MR) is 78.2 cm³/mol. The summed E-state index contributed by atoms with van der Waals surface area (Å²) >= 11 is 0. The Bertz CT molecular complexity index is 550. The molecule has 0 spiro atoms. The van der Waals surface area contributed by atoms with Gasteiger partial charge in [0.15, 0.2) is 0 Å². The van der Waals surface area contributed by atoms with E-state index in [1.54, 1.807) is 12.1 Å². The van der Waals surface area contributed by atoms with Crippen molar-refractivity contribution in [2.45, 2.75) is 51.7 Å². The third kappa shape index (κ3) is 2.88. The summed E-state index contributed by atoms with van der Waals surface area (Å²) in [5.74, 6) is 0.643. The lowest BCUT2D eigenvalue weighted by atomic mass is 9.74. The largest absolute Gasteiger partial charge is 0.489 e. The number of hydrogen-bond donors (Lipinski definition) is 1. The van der Waals surface area contributed by atoms with Crippen molar-refractivity contribution >= 4 is 0 Å². The van der Waals surface area contributed by atoms with E-state index in [0.29, 0.717) is 0 Å². The van der Waals surface area contributed by atoms with Crippen LogP contribution in [0.2, 0.25) is 0 Å². The van der Waals surface area contributed by atoms with Crippen molar-refractivity contribution in [1.82, 2.24) is 0 Å². The number of halogens is 1. The topological polar surface area (TPSA) is 35.2 Å². The molecule has 2 aliphatic rings. The SMILES string of the molecule is CC1(C)CC(CC2Cc3cc(F)ccc3O2)=CC(N)C1. The highest BCUT2D eigenvalue weighted by molar-refractivity contribution is 5.38. The van der Waals surface area contributed by atoms with E-state index in [9.17, 15) is 4.39 Å². The maximum absolute atomic E-state index is 13.2. The van der Waals surface area contributed by atoms with Crippen molar-refractivity contribution in [2.75, 3.05) is 0 Å². The molecule has 2 nitrogen and oxygen atoms in total. The first-order valence-corrected chi connectivity index (χ1v) is 7.31. The average molecular weight is 275 g/mol. The second-order valence-electron chi connectivity index (χ2n) is 6.93. The fraction of sp³-hybridized carbons (Fsp3) is 0.529. The van der Waals surface area contributed by atoms with E-state index in [2.05, 4.69) is 19.9 Å². The molecule has 108 valence electrons. The maximum Gasteiger partial charge on any atom is 0.123 e. The number of nitrogens with two attached hydrogens (primary N) is 1. The summed E-state index contributed by atoms with van der Waals surface area (Å²) in [5.41, 5.74) is 8.74. The van der Waals surface area contributed by atoms with Crippen molar-refractivity contribution in [2.24, 2.45) is 11.1 Å². The van der Waals surface area contributed by atoms with Gasteiger partial charge in [0.05, 0.1) is 0 Å². The second kappa shape index (κ2) is 4.88. The molecule has 0 amide bonds. The molecule has 0 bridgehead atoms. The molecule has 1 aromatic carbocycles. The van der Waals surface area contributed by atoms with Gasteiger partial charge in [-0.2, -0.15) is 0 Å². The molecule has 2 atom stereocenters. The molecule has 0 aromatic heterocycles. The lowest BCUT2D eigenvalue weighted by molar-refractivity contribution is 0.220. The van der Waals surface area contributed by atoms with Crippen LogP contribution in [0.15, 0.2) is 29.8 Å². The van der Waals surface area contributed by atoms with Gasteiger partial charge in [-0.15, -0.1) is 0 Å². The lowest BCUT2D eigenvalue weighted by Crippen LogP contribution is -2.32. The summed E-state index contributed by atoms with van der Waals surface area (Å²) in [7, 11) is 0. The molecule has 2 unspecified atom stereocenters. The summed E-state index contributed by atoms with van der Waals surface area (Å²) in [6, 6.07) is 4.92. The molecule has 3 heteroatoms. The lowest BCUT2D eigenvalue weighted by Gasteiger charge is -2.33. The minimum atomic E-state index is -0.187. The minimum Gasteiger partial charge on any atom is -0.489 e. The van der Waals surface area contributed by atoms with Gasteiger partial charge in [0.1, 0.15) is 17.7 Å². The first-order valence-electron chi connectivity index (χ1n) is 7.31. The van der Waals surface area contributed by atoms with E-state index in [1.165, 1.54) is 11.6 Å². The molecular weight excluding hydrogens is 253 g/mol. The molecule has 0 saturated heterocycles. The quantitative estimate of drug-likeness (QED) is 0.837. The molecule has 1 aromatic rings. The Labute approximate surface area is 119 Å². The molecule has 2 N–H and O–H groups in total. The zero-order valence-electron chi connectivity index (χ0n) is 12.2. The standard InChI is InChI=1S/C17H22FNO/c1-17(2)9-11(5-14(19)10-17)6-15-8-12-7-13(18)3-4-16(12)20-15/h3-5,7,14-15H,6,8-10,19H2,1-2H3. The second-order valence-corrected chi connectivity index (χ2v) is 6.93. The molecule has 3 rings (SSSR count). The van der Waals surface area contributed by atoms with Crippen LogP contribution in [0.3, 0.4) is 0 Å². The Morgan fingerprint density at radius 2 is 2.20 bits per heavy atom. The molecule has 0 fully saturated rings. The van der Waals surface area contributed by atoms with Crippen LogP contribution < -0.4 is 10.5 Å². The van der Waals surface area contributed by atoms with Crippen LogP contribution in [0.1, 0.15) is 38.7 Å². The Kier molecular flexibility index (Phi) is 3.33. The summed E-state index contributed by atoms with van der Waals surface area (Å²) in [5, 5.41) is 0. The molecule has 1 heterocycles. The van der Waals surface area contributed by atoms with Crippen molar-refractivity contribution < 1.29 is 9.13 Å². The van der Waals surface area contributed by atoms with Crippen molar-refractivity contribution in [3.8, 4) is 5.75 Å². The minimum absolute atomic E-state index is 0.124. The average Bonchev–Trinajstić information content (AvgIpc) is 2.67. The number of ether oxygens (including phenoxy) is 1. The van der Waals surface area contributed by atoms with Crippen LogP contribution in [0, 0.1) is 11.2 Å². The monoisotopic (exact) mass is 275 g/mol. The first-order chi connectivity index (χ1) is 9.41. The third-order valence-electron chi connectivity index (χ3n) is 4.20. The normalized spacial score (nSPS) is 27.7. The van der Waals surface area contributed by atoms with Crippen LogP contribution >= 0.6 is 0 Å². The van der Waals surface area contributed by atoms with Gasteiger partial charge in [-0.05, 0) is 36.5 Å². The van der Waals surface area contributed by atoms with Crippen LogP contribution in [-0.4, -0.2) is 12.1 Å². The van der Waals surface area contributed by atoms with Crippen molar-refractivity contribution in [3.05, 3.63) is 41.2 Å². The zero-order valence-corrected chi connectivity index (χ0v) is 12.2. The van der Waals surface area contributed by atoms with Gasteiger partial charge in [0.2, 0.25) is 0 Å². The van der Waals surface area contributed by atoms with Crippen molar-refractivity contribution in [1.29, 1.82) is 0 Å². The summed E-state index contributed by atoms with van der Waals surface area (Å²) < 4.78 is 19.1. The predicted octanol–water partition coefficient (Wildman–Crippen LogP) is 3.59. The number of hydrogen-bond acceptors (Lipinski definition) is 2. The van der Waals surface area contributed by atoms with E-state index < -0.39 is 0 Å². The number of rotatable bonds is 2. The van der Waals surface area contributed by atoms with Gasteiger partial charge >= 0.3 is 0 Å². The van der Waals surface area contributed by atoms with E-state index >= 15 is 0 Å². The highest BCUT2D eigenvalue weighted by atomic mass is 19.1. The maximum atomic E-state index is 13.2. The fourth-order valence-electron chi connectivity index (χ4n) is 3.58. The fourth-order valence-corrected chi connectivity index (χ4v) is 3.58. The Hall–Kier alpha value is -1.35. The van der Waals surface area contributed by atoms with E-state index in [1.807, 2.05) is 0 Å². The van der Waals surface area contributed by atoms with E-state index in [4.69, 9.17) is 10.5 Å². The van der Waals surface area contributed by atoms with Crippen LogP contribution in [0.5, 0.6) is 5.75 Å². The summed E-state index contributed by atoms with van der Waals surface area (Å²) in [6.45, 7) is 4.53. The summed E-state index contributed by atoms with van der Waals surface area (Å²) in [4.78, 5) is 0. The van der Waals surface area contributed by atoms with Gasteiger partial charge in [0.25, 0.3) is 0 Å². The molecule has 0 saturated carbocycles. The Balaban J connectivity index is 1.69. The molecular formula is C17H22FNO. The van der Waals surface area contributed by atoms with Gasteiger partial charge in [0, 0.05) is 24.4 Å². The smallest absolute Gasteiger partial charge is 0.123 e. The Morgan fingerprint density at radius 3 is 2.95 bits per heavy atom. The van der Waals surface area contributed by atoms with Crippen LogP contribution in [-0.2, 0) is 6.42 Å². The van der Waals surface area contributed by atoms with Crippen LogP contribution in [0.4, 0.5) is 4.39 Å². The van der Waals surface area contributed by atoms with Crippen molar-refractivity contribution in [3.63, 3.8) is 0 Å². The Morgan fingerprint density at radius 1 is 1.40 bits per heavy atom. The van der Waals surface area contributed by atoms with E-state index in [0.717, 1.165) is 37.0 Å². The molecule has 1 aliphatic heterocycles. The van der Waals surface area contributed by atoms with Gasteiger partial charge < -0.3 is 10.5 Å². The van der Waals surface area contributed by atoms with Crippen LogP contribution in [0.25, 0.3) is 0 Å². The highest BCUT2D eigenvalue weighted by Gasteiger charge is 2.30.